The van der Waals surface area contributed by atoms with Gasteiger partial charge in [-0.25, -0.2) is 4.79 Å². The van der Waals surface area contributed by atoms with Crippen LogP contribution in [0, 0.1) is 10.1 Å². The number of aromatic carboxylic acids is 1. The van der Waals surface area contributed by atoms with Gasteiger partial charge in [-0.3, -0.25) is 14.9 Å². The highest BCUT2D eigenvalue weighted by Crippen LogP contribution is 2.19. The summed E-state index contributed by atoms with van der Waals surface area (Å²) < 4.78 is 4.70. The van der Waals surface area contributed by atoms with Crippen molar-refractivity contribution in [2.24, 2.45) is 0 Å². The number of benzene rings is 1. The average molecular weight is 279 g/mol. The number of rotatable bonds is 6. The topological polar surface area (TPSA) is 107 Å². The van der Waals surface area contributed by atoms with E-state index >= 15 is 0 Å². The second-order valence-electron chi connectivity index (χ2n) is 3.75. The van der Waals surface area contributed by atoms with Gasteiger partial charge in [-0.15, -0.1) is 0 Å². The van der Waals surface area contributed by atoms with E-state index in [-0.39, 0.29) is 29.8 Å². The van der Waals surface area contributed by atoms with Gasteiger partial charge in [0.2, 0.25) is 0 Å². The number of nitro groups is 1. The van der Waals surface area contributed by atoms with Crippen LogP contribution in [0.5, 0.6) is 0 Å². The molecule has 0 heterocycles. The van der Waals surface area contributed by atoms with Crippen LogP contribution in [-0.2, 0) is 9.53 Å². The molecule has 0 bridgehead atoms. The Morgan fingerprint density at radius 3 is 2.70 bits per heavy atom. The van der Waals surface area contributed by atoms with Crippen LogP contribution in [0.4, 0.5) is 5.69 Å². The first-order valence-corrected chi connectivity index (χ1v) is 5.79. The zero-order valence-electron chi connectivity index (χ0n) is 10.7. The number of carbonyl (C=O) groups excluding carboxylic acids is 1. The zero-order valence-corrected chi connectivity index (χ0v) is 10.7. The lowest BCUT2D eigenvalue weighted by atomic mass is 10.1. The van der Waals surface area contributed by atoms with Gasteiger partial charge in [0.15, 0.2) is 0 Å². The van der Waals surface area contributed by atoms with Crippen molar-refractivity contribution >= 4 is 23.7 Å². The predicted octanol–water partition coefficient (Wildman–Crippen LogP) is 2.26. The number of non-ortho nitro benzene ring substituents is 1. The number of nitrogens with zero attached hydrogens (tertiary/aromatic N) is 1. The van der Waals surface area contributed by atoms with E-state index in [2.05, 4.69) is 0 Å². The van der Waals surface area contributed by atoms with Crippen LogP contribution in [0.25, 0.3) is 6.08 Å². The van der Waals surface area contributed by atoms with Gasteiger partial charge < -0.3 is 9.84 Å². The molecule has 0 saturated heterocycles. The molecule has 0 aliphatic carbocycles. The molecule has 0 amide bonds. The molecule has 20 heavy (non-hydrogen) atoms. The molecule has 0 atom stereocenters. The van der Waals surface area contributed by atoms with E-state index in [0.717, 1.165) is 18.2 Å². The molecule has 0 aliphatic rings. The molecular weight excluding hydrogens is 266 g/mol. The highest BCUT2D eigenvalue weighted by molar-refractivity contribution is 5.92. The van der Waals surface area contributed by atoms with E-state index in [1.54, 1.807) is 6.92 Å². The third kappa shape index (κ3) is 4.20. The Labute approximate surface area is 114 Å². The third-order valence-corrected chi connectivity index (χ3v) is 2.36. The Kier molecular flexibility index (Phi) is 5.40. The van der Waals surface area contributed by atoms with Gasteiger partial charge >= 0.3 is 11.9 Å². The van der Waals surface area contributed by atoms with E-state index in [1.165, 1.54) is 12.2 Å². The van der Waals surface area contributed by atoms with Crippen molar-refractivity contribution < 1.29 is 24.4 Å². The summed E-state index contributed by atoms with van der Waals surface area (Å²) in [4.78, 5) is 32.2. The van der Waals surface area contributed by atoms with Crippen molar-refractivity contribution in [3.63, 3.8) is 0 Å². The SMILES string of the molecule is CCOC(=O)CC=Cc1cc([N+](=O)[O-])ccc1C(=O)O. The normalized spacial score (nSPS) is 10.4. The largest absolute Gasteiger partial charge is 0.478 e. The first-order chi connectivity index (χ1) is 9.45. The van der Waals surface area contributed by atoms with Crippen molar-refractivity contribution in [3.05, 3.63) is 45.5 Å². The van der Waals surface area contributed by atoms with E-state index in [9.17, 15) is 19.7 Å². The molecule has 0 radical (unpaired) electrons. The van der Waals surface area contributed by atoms with Crippen molar-refractivity contribution in [1.29, 1.82) is 0 Å². The van der Waals surface area contributed by atoms with Crippen molar-refractivity contribution in [1.82, 2.24) is 0 Å². The van der Waals surface area contributed by atoms with Gasteiger partial charge in [0.05, 0.1) is 23.5 Å². The van der Waals surface area contributed by atoms with E-state index in [0.29, 0.717) is 0 Å². The lowest BCUT2D eigenvalue weighted by Gasteiger charge is -2.01. The highest BCUT2D eigenvalue weighted by atomic mass is 16.6. The maximum absolute atomic E-state index is 11.1. The fourth-order valence-electron chi connectivity index (χ4n) is 1.50. The number of esters is 1. The quantitative estimate of drug-likeness (QED) is 0.486. The molecule has 0 aromatic heterocycles. The zero-order chi connectivity index (χ0) is 15.1. The highest BCUT2D eigenvalue weighted by Gasteiger charge is 2.13. The smallest absolute Gasteiger partial charge is 0.336 e. The Bertz CT molecular complexity index is 564. The van der Waals surface area contributed by atoms with Crippen molar-refractivity contribution in [2.75, 3.05) is 6.61 Å². The minimum absolute atomic E-state index is 0.0322. The van der Waals surface area contributed by atoms with E-state index < -0.39 is 16.9 Å². The van der Waals surface area contributed by atoms with E-state index in [1.807, 2.05) is 0 Å². The van der Waals surface area contributed by atoms with Gasteiger partial charge in [-0.2, -0.15) is 0 Å². The fraction of sp³-hybridized carbons (Fsp3) is 0.231. The van der Waals surface area contributed by atoms with Crippen LogP contribution in [0.15, 0.2) is 24.3 Å². The van der Waals surface area contributed by atoms with Crippen LogP contribution in [0.2, 0.25) is 0 Å². The third-order valence-electron chi connectivity index (χ3n) is 2.36. The van der Waals surface area contributed by atoms with Crippen molar-refractivity contribution in [3.8, 4) is 0 Å². The van der Waals surface area contributed by atoms with Crippen LogP contribution in [0.1, 0.15) is 29.3 Å². The van der Waals surface area contributed by atoms with E-state index in [4.69, 9.17) is 9.84 Å². The molecule has 7 heteroatoms. The summed E-state index contributed by atoms with van der Waals surface area (Å²) >= 11 is 0. The predicted molar refractivity (Wildman–Crippen MR) is 70.3 cm³/mol. The number of hydrogen-bond donors (Lipinski definition) is 1. The van der Waals surface area contributed by atoms with Crippen LogP contribution in [0.3, 0.4) is 0 Å². The second kappa shape index (κ2) is 7.03. The molecule has 1 rings (SSSR count). The summed E-state index contributed by atoms with van der Waals surface area (Å²) in [5, 5.41) is 19.7. The molecule has 0 fully saturated rings. The van der Waals surface area contributed by atoms with Gasteiger partial charge in [0.1, 0.15) is 0 Å². The van der Waals surface area contributed by atoms with Crippen LogP contribution in [-0.4, -0.2) is 28.6 Å². The van der Waals surface area contributed by atoms with Gasteiger partial charge in [-0.1, -0.05) is 12.2 Å². The van der Waals surface area contributed by atoms with Crippen LogP contribution >= 0.6 is 0 Å². The summed E-state index contributed by atoms with van der Waals surface area (Å²) in [5.74, 6) is -1.65. The number of carbonyl (C=O) groups is 2. The molecule has 0 spiro atoms. The number of ether oxygens (including phenoxy) is 1. The Morgan fingerprint density at radius 2 is 2.15 bits per heavy atom. The molecule has 0 unspecified atom stereocenters. The van der Waals surface area contributed by atoms with Gasteiger partial charge in [0.25, 0.3) is 5.69 Å². The summed E-state index contributed by atoms with van der Waals surface area (Å²) in [7, 11) is 0. The molecule has 1 aromatic rings. The molecule has 106 valence electrons. The first-order valence-electron chi connectivity index (χ1n) is 5.79. The van der Waals surface area contributed by atoms with Gasteiger partial charge in [-0.05, 0) is 18.6 Å². The lowest BCUT2D eigenvalue weighted by Crippen LogP contribution is -2.02. The number of carboxylic acids is 1. The maximum Gasteiger partial charge on any atom is 0.336 e. The Morgan fingerprint density at radius 1 is 1.45 bits per heavy atom. The molecule has 1 aromatic carbocycles. The molecule has 0 aliphatic heterocycles. The number of hydrogen-bond acceptors (Lipinski definition) is 5. The Balaban J connectivity index is 2.98. The van der Waals surface area contributed by atoms with Gasteiger partial charge in [0, 0.05) is 12.1 Å². The summed E-state index contributed by atoms with van der Waals surface area (Å²) in [6, 6.07) is 3.42. The maximum atomic E-state index is 11.1. The number of carboxylic acid groups (broad SMARTS) is 1. The minimum atomic E-state index is -1.20. The lowest BCUT2D eigenvalue weighted by molar-refractivity contribution is -0.384. The monoisotopic (exact) mass is 279 g/mol. The molecule has 7 nitrogen and oxygen atoms in total. The average Bonchev–Trinajstić information content (AvgIpc) is 2.38. The Hall–Kier alpha value is -2.70. The van der Waals surface area contributed by atoms with Crippen molar-refractivity contribution in [2.45, 2.75) is 13.3 Å². The summed E-state index contributed by atoms with van der Waals surface area (Å²) in [6.45, 7) is 1.93. The molecular formula is C13H13NO6. The first kappa shape index (κ1) is 15.4. The summed E-state index contributed by atoms with van der Waals surface area (Å²) in [6.07, 6.45) is 2.73. The van der Waals surface area contributed by atoms with Crippen LogP contribution < -0.4 is 0 Å². The standard InChI is InChI=1S/C13H13NO6/c1-2-20-12(15)5-3-4-9-8-10(14(18)19)6-7-11(9)13(16)17/h3-4,6-8H,2,5H2,1H3,(H,16,17). The fourth-order valence-corrected chi connectivity index (χ4v) is 1.50. The number of nitro benzene ring substituents is 1. The summed E-state index contributed by atoms with van der Waals surface area (Å²) in [5.41, 5.74) is -0.127. The second-order valence-corrected chi connectivity index (χ2v) is 3.75. The minimum Gasteiger partial charge on any atom is -0.478 e. The molecule has 0 saturated carbocycles. The molecule has 1 N–H and O–H groups in total.